The highest BCUT2D eigenvalue weighted by atomic mass is 16.6. The third-order valence-electron chi connectivity index (χ3n) is 5.22. The average Bonchev–Trinajstić information content (AvgIpc) is 3.17. The second-order valence-corrected chi connectivity index (χ2v) is 6.84. The smallest absolute Gasteiger partial charge is 0.254 e. The van der Waals surface area contributed by atoms with Crippen LogP contribution < -0.4 is 9.47 Å². The predicted octanol–water partition coefficient (Wildman–Crippen LogP) is 3.87. The second kappa shape index (κ2) is 6.50. The van der Waals surface area contributed by atoms with Gasteiger partial charge in [0.15, 0.2) is 11.5 Å². The Hall–Kier alpha value is -3.21. The Kier molecular flexibility index (Phi) is 3.85. The van der Waals surface area contributed by atoms with Crippen LogP contribution in [0.4, 0.5) is 0 Å². The second-order valence-electron chi connectivity index (χ2n) is 6.84. The quantitative estimate of drug-likeness (QED) is 0.755. The first kappa shape index (κ1) is 16.0. The summed E-state index contributed by atoms with van der Waals surface area (Å²) in [6.07, 6.45) is 5.07. The van der Waals surface area contributed by atoms with Crippen molar-refractivity contribution >= 4 is 22.4 Å². The van der Waals surface area contributed by atoms with Crippen molar-refractivity contribution in [2.45, 2.75) is 6.42 Å². The van der Waals surface area contributed by atoms with Crippen LogP contribution in [0.1, 0.15) is 22.3 Å². The molecular weight excluding hydrogens is 340 g/mol. The van der Waals surface area contributed by atoms with E-state index in [0.29, 0.717) is 43.4 Å². The number of H-pyrrole nitrogens is 1. The van der Waals surface area contributed by atoms with Crippen molar-refractivity contribution in [1.82, 2.24) is 9.88 Å². The van der Waals surface area contributed by atoms with Crippen LogP contribution in [0, 0.1) is 0 Å². The van der Waals surface area contributed by atoms with Gasteiger partial charge in [-0.25, -0.2) is 0 Å². The van der Waals surface area contributed by atoms with E-state index in [-0.39, 0.29) is 5.91 Å². The standard InChI is InChI=1S/C22H20N2O3/c25-22(16-5-6-20-21(13-16)27-12-11-26-20)24-9-7-15(8-10-24)18-14-23-19-4-2-1-3-17(18)19/h1-7,13-14,23H,8-12H2. The van der Waals surface area contributed by atoms with Gasteiger partial charge in [-0.15, -0.1) is 0 Å². The molecule has 0 atom stereocenters. The van der Waals surface area contributed by atoms with Gasteiger partial charge in [0, 0.05) is 41.3 Å². The molecule has 1 N–H and O–H groups in total. The summed E-state index contributed by atoms with van der Waals surface area (Å²) in [6.45, 7) is 2.39. The van der Waals surface area contributed by atoms with Gasteiger partial charge < -0.3 is 19.4 Å². The van der Waals surface area contributed by atoms with E-state index in [4.69, 9.17) is 9.47 Å². The van der Waals surface area contributed by atoms with Crippen molar-refractivity contribution in [1.29, 1.82) is 0 Å². The van der Waals surface area contributed by atoms with Gasteiger partial charge in [0.2, 0.25) is 0 Å². The minimum absolute atomic E-state index is 0.0289. The predicted molar refractivity (Wildman–Crippen MR) is 104 cm³/mol. The average molecular weight is 360 g/mol. The number of carbonyl (C=O) groups is 1. The van der Waals surface area contributed by atoms with Crippen molar-refractivity contribution in [3.8, 4) is 11.5 Å². The number of nitrogens with one attached hydrogen (secondary N) is 1. The van der Waals surface area contributed by atoms with E-state index >= 15 is 0 Å². The molecule has 0 radical (unpaired) electrons. The molecule has 0 unspecified atom stereocenters. The molecule has 0 bridgehead atoms. The number of fused-ring (bicyclic) bond motifs is 2. The molecular formula is C22H20N2O3. The number of amides is 1. The summed E-state index contributed by atoms with van der Waals surface area (Å²) in [5.74, 6) is 1.39. The molecule has 0 saturated heterocycles. The van der Waals surface area contributed by atoms with E-state index in [1.165, 1.54) is 16.5 Å². The number of hydrogen-bond acceptors (Lipinski definition) is 3. The van der Waals surface area contributed by atoms with E-state index in [1.54, 1.807) is 6.07 Å². The van der Waals surface area contributed by atoms with Crippen molar-refractivity contribution < 1.29 is 14.3 Å². The minimum Gasteiger partial charge on any atom is -0.486 e. The van der Waals surface area contributed by atoms with Gasteiger partial charge in [-0.2, -0.15) is 0 Å². The Labute approximate surface area is 157 Å². The summed E-state index contributed by atoms with van der Waals surface area (Å²) in [5, 5.41) is 1.23. The monoisotopic (exact) mass is 360 g/mol. The van der Waals surface area contributed by atoms with Crippen molar-refractivity contribution in [3.63, 3.8) is 0 Å². The lowest BCUT2D eigenvalue weighted by molar-refractivity contribution is 0.0771. The third-order valence-corrected chi connectivity index (χ3v) is 5.22. The van der Waals surface area contributed by atoms with E-state index in [9.17, 15) is 4.79 Å². The zero-order valence-corrected chi connectivity index (χ0v) is 14.9. The number of nitrogens with zero attached hydrogens (tertiary/aromatic N) is 1. The number of carbonyl (C=O) groups excluding carboxylic acids is 1. The summed E-state index contributed by atoms with van der Waals surface area (Å²) >= 11 is 0. The number of para-hydroxylation sites is 1. The van der Waals surface area contributed by atoms with Crippen LogP contribution in [0.25, 0.3) is 16.5 Å². The van der Waals surface area contributed by atoms with Gasteiger partial charge >= 0.3 is 0 Å². The van der Waals surface area contributed by atoms with Crippen LogP contribution in [0.3, 0.4) is 0 Å². The number of benzene rings is 2. The lowest BCUT2D eigenvalue weighted by atomic mass is 9.98. The normalized spacial score (nSPS) is 16.3. The van der Waals surface area contributed by atoms with Crippen LogP contribution in [0.5, 0.6) is 11.5 Å². The maximum atomic E-state index is 12.9. The van der Waals surface area contributed by atoms with Crippen LogP contribution in [-0.4, -0.2) is 42.1 Å². The van der Waals surface area contributed by atoms with E-state index in [0.717, 1.165) is 11.9 Å². The number of hydrogen-bond donors (Lipinski definition) is 1. The zero-order valence-electron chi connectivity index (χ0n) is 14.9. The first-order valence-corrected chi connectivity index (χ1v) is 9.24. The fourth-order valence-corrected chi connectivity index (χ4v) is 3.79. The maximum Gasteiger partial charge on any atom is 0.254 e. The molecule has 1 aromatic heterocycles. The summed E-state index contributed by atoms with van der Waals surface area (Å²) < 4.78 is 11.1. The molecule has 5 nitrogen and oxygen atoms in total. The number of aromatic nitrogens is 1. The van der Waals surface area contributed by atoms with Gasteiger partial charge in [-0.3, -0.25) is 4.79 Å². The van der Waals surface area contributed by atoms with Crippen molar-refractivity contribution in [2.75, 3.05) is 26.3 Å². The summed E-state index contributed by atoms with van der Waals surface area (Å²) in [6, 6.07) is 13.7. The topological polar surface area (TPSA) is 54.6 Å². The van der Waals surface area contributed by atoms with Gasteiger partial charge in [0.1, 0.15) is 13.2 Å². The fraction of sp³-hybridized carbons (Fsp3) is 0.227. The van der Waals surface area contributed by atoms with Crippen LogP contribution >= 0.6 is 0 Å². The molecule has 0 fully saturated rings. The molecule has 0 saturated carbocycles. The molecule has 0 aliphatic carbocycles. The Morgan fingerprint density at radius 1 is 1.04 bits per heavy atom. The molecule has 5 heteroatoms. The first-order valence-electron chi connectivity index (χ1n) is 9.24. The molecule has 2 aliphatic heterocycles. The van der Waals surface area contributed by atoms with E-state index in [1.807, 2.05) is 23.1 Å². The number of aromatic amines is 1. The van der Waals surface area contributed by atoms with Crippen molar-refractivity contribution in [2.24, 2.45) is 0 Å². The van der Waals surface area contributed by atoms with E-state index < -0.39 is 0 Å². The van der Waals surface area contributed by atoms with Gasteiger partial charge in [0.25, 0.3) is 5.91 Å². The molecule has 27 heavy (non-hydrogen) atoms. The largest absolute Gasteiger partial charge is 0.486 e. The highest BCUT2D eigenvalue weighted by Crippen LogP contribution is 2.32. The Morgan fingerprint density at radius 3 is 2.74 bits per heavy atom. The Balaban J connectivity index is 1.36. The summed E-state index contributed by atoms with van der Waals surface area (Å²) in [5.41, 5.74) is 4.31. The molecule has 136 valence electrons. The third kappa shape index (κ3) is 2.85. The molecule has 2 aromatic carbocycles. The molecule has 3 aromatic rings. The molecule has 0 spiro atoms. The molecule has 1 amide bonds. The van der Waals surface area contributed by atoms with Gasteiger partial charge in [-0.05, 0) is 36.3 Å². The molecule has 2 aliphatic rings. The number of ether oxygens (including phenoxy) is 2. The van der Waals surface area contributed by atoms with Crippen LogP contribution in [0.15, 0.2) is 54.7 Å². The maximum absolute atomic E-state index is 12.9. The highest BCUT2D eigenvalue weighted by Gasteiger charge is 2.22. The summed E-state index contributed by atoms with van der Waals surface area (Å²) in [7, 11) is 0. The Bertz CT molecular complexity index is 1050. The van der Waals surface area contributed by atoms with Gasteiger partial charge in [-0.1, -0.05) is 24.3 Å². The molecule has 5 rings (SSSR count). The van der Waals surface area contributed by atoms with Crippen LogP contribution in [0.2, 0.25) is 0 Å². The minimum atomic E-state index is 0.0289. The zero-order chi connectivity index (χ0) is 18.2. The molecule has 3 heterocycles. The van der Waals surface area contributed by atoms with Gasteiger partial charge in [0.05, 0.1) is 0 Å². The number of rotatable bonds is 2. The van der Waals surface area contributed by atoms with Crippen LogP contribution in [-0.2, 0) is 0 Å². The summed E-state index contributed by atoms with van der Waals surface area (Å²) in [4.78, 5) is 18.1. The first-order chi connectivity index (χ1) is 13.3. The van der Waals surface area contributed by atoms with E-state index in [2.05, 4.69) is 35.5 Å². The lowest BCUT2D eigenvalue weighted by Crippen LogP contribution is -2.34. The van der Waals surface area contributed by atoms with Crippen molar-refractivity contribution in [3.05, 3.63) is 65.9 Å². The lowest BCUT2D eigenvalue weighted by Gasteiger charge is -2.27. The Morgan fingerprint density at radius 2 is 1.89 bits per heavy atom. The SMILES string of the molecule is O=C(c1ccc2c(c1)OCCO2)N1CC=C(c2c[nH]c3ccccc23)CC1. The fourth-order valence-electron chi connectivity index (χ4n) is 3.79. The highest BCUT2D eigenvalue weighted by molar-refractivity contribution is 5.96.